The molecule has 9 heteroatoms. The smallest absolute Gasteiger partial charge is 0.243 e. The molecular formula is C19H28BrN3O4S. The molecular weight excluding hydrogens is 446 g/mol. The number of hydrogen-bond acceptors (Lipinski definition) is 5. The van der Waals surface area contributed by atoms with Crippen LogP contribution in [0.2, 0.25) is 0 Å². The number of hydrogen-bond donors (Lipinski definition) is 1. The van der Waals surface area contributed by atoms with Gasteiger partial charge in [0.05, 0.1) is 24.0 Å². The van der Waals surface area contributed by atoms with Crippen LogP contribution < -0.4 is 5.32 Å². The lowest BCUT2D eigenvalue weighted by molar-refractivity contribution is -0.126. The number of ether oxygens (including phenoxy) is 1. The Kier molecular flexibility index (Phi) is 7.87. The third-order valence-electron chi connectivity index (χ3n) is 5.26. The molecule has 28 heavy (non-hydrogen) atoms. The van der Waals surface area contributed by atoms with Gasteiger partial charge in [-0.25, -0.2) is 8.42 Å². The summed E-state index contributed by atoms with van der Waals surface area (Å²) < 4.78 is 33.3. The predicted octanol–water partition coefficient (Wildman–Crippen LogP) is 1.69. The number of nitrogens with zero attached hydrogens (tertiary/aromatic N) is 2. The predicted molar refractivity (Wildman–Crippen MR) is 111 cm³/mol. The number of halogens is 1. The van der Waals surface area contributed by atoms with Gasteiger partial charge in [-0.05, 0) is 50.1 Å². The fourth-order valence-electron chi connectivity index (χ4n) is 3.61. The first kappa shape index (κ1) is 21.7. The molecule has 1 aromatic carbocycles. The molecule has 2 saturated heterocycles. The lowest BCUT2D eigenvalue weighted by atomic mass is 9.99. The number of benzene rings is 1. The molecule has 2 aliphatic heterocycles. The molecule has 1 amide bonds. The third-order valence-corrected chi connectivity index (χ3v) is 7.67. The molecule has 7 nitrogen and oxygen atoms in total. The second-order valence-electron chi connectivity index (χ2n) is 7.25. The second-order valence-corrected chi connectivity index (χ2v) is 10.1. The van der Waals surface area contributed by atoms with Crippen LogP contribution in [0.5, 0.6) is 0 Å². The lowest BCUT2D eigenvalue weighted by Gasteiger charge is -2.31. The molecule has 1 N–H and O–H groups in total. The first-order valence-electron chi connectivity index (χ1n) is 9.80. The largest absolute Gasteiger partial charge is 0.379 e. The van der Waals surface area contributed by atoms with E-state index in [0.717, 1.165) is 50.2 Å². The normalized spacial score (nSPS) is 22.1. The molecule has 156 valence electrons. The van der Waals surface area contributed by atoms with Crippen LogP contribution in [-0.4, -0.2) is 76.0 Å². The minimum atomic E-state index is -3.57. The minimum Gasteiger partial charge on any atom is -0.379 e. The highest BCUT2D eigenvalue weighted by Gasteiger charge is 2.33. The Morgan fingerprint density at radius 3 is 2.61 bits per heavy atom. The van der Waals surface area contributed by atoms with E-state index in [1.165, 1.54) is 4.31 Å². The summed E-state index contributed by atoms with van der Waals surface area (Å²) >= 11 is 3.32. The van der Waals surface area contributed by atoms with Crippen molar-refractivity contribution in [2.45, 2.75) is 24.2 Å². The van der Waals surface area contributed by atoms with Gasteiger partial charge in [0, 0.05) is 37.2 Å². The highest BCUT2D eigenvalue weighted by molar-refractivity contribution is 9.10. The van der Waals surface area contributed by atoms with Gasteiger partial charge in [-0.2, -0.15) is 4.31 Å². The Hall–Kier alpha value is -1.00. The maximum atomic E-state index is 12.9. The Labute approximate surface area is 175 Å². The highest BCUT2D eigenvalue weighted by Crippen LogP contribution is 2.25. The van der Waals surface area contributed by atoms with E-state index in [0.29, 0.717) is 19.5 Å². The Bertz CT molecular complexity index is 751. The zero-order valence-corrected chi connectivity index (χ0v) is 18.4. The zero-order chi connectivity index (χ0) is 20.0. The van der Waals surface area contributed by atoms with Crippen molar-refractivity contribution in [2.75, 3.05) is 52.5 Å². The monoisotopic (exact) mass is 473 g/mol. The number of piperidine rings is 1. The van der Waals surface area contributed by atoms with E-state index >= 15 is 0 Å². The van der Waals surface area contributed by atoms with Gasteiger partial charge < -0.3 is 10.1 Å². The molecule has 1 aromatic rings. The summed E-state index contributed by atoms with van der Waals surface area (Å²) in [5.41, 5.74) is 0. The molecule has 2 fully saturated rings. The van der Waals surface area contributed by atoms with Crippen LogP contribution in [0.3, 0.4) is 0 Å². The van der Waals surface area contributed by atoms with Crippen molar-refractivity contribution in [3.63, 3.8) is 0 Å². The number of rotatable bonds is 7. The molecule has 0 unspecified atom stereocenters. The average Bonchev–Trinajstić information content (AvgIpc) is 2.72. The maximum Gasteiger partial charge on any atom is 0.243 e. The van der Waals surface area contributed by atoms with Crippen molar-refractivity contribution in [2.24, 2.45) is 5.92 Å². The van der Waals surface area contributed by atoms with E-state index in [-0.39, 0.29) is 23.3 Å². The molecule has 0 saturated carbocycles. The number of nitrogens with one attached hydrogen (secondary N) is 1. The number of morpholine rings is 1. The van der Waals surface area contributed by atoms with Crippen LogP contribution in [0.15, 0.2) is 33.6 Å². The van der Waals surface area contributed by atoms with E-state index in [9.17, 15) is 13.2 Å². The van der Waals surface area contributed by atoms with Crippen molar-refractivity contribution in [1.82, 2.24) is 14.5 Å². The number of amides is 1. The molecule has 1 atom stereocenters. The van der Waals surface area contributed by atoms with E-state index in [1.54, 1.807) is 24.3 Å². The van der Waals surface area contributed by atoms with Gasteiger partial charge in [0.2, 0.25) is 15.9 Å². The number of carbonyl (C=O) groups is 1. The molecule has 2 heterocycles. The molecule has 0 bridgehead atoms. The molecule has 0 aliphatic carbocycles. The zero-order valence-electron chi connectivity index (χ0n) is 16.0. The SMILES string of the molecule is O=C(NCCCN1CCOCC1)[C@H]1CCCN(S(=O)(=O)c2ccc(Br)cc2)C1. The van der Waals surface area contributed by atoms with Crippen LogP contribution in [0.4, 0.5) is 0 Å². The first-order valence-corrected chi connectivity index (χ1v) is 12.0. The van der Waals surface area contributed by atoms with Gasteiger partial charge in [0.25, 0.3) is 0 Å². The van der Waals surface area contributed by atoms with Crippen molar-refractivity contribution < 1.29 is 17.9 Å². The van der Waals surface area contributed by atoms with Gasteiger partial charge in [0.1, 0.15) is 0 Å². The van der Waals surface area contributed by atoms with Crippen molar-refractivity contribution in [1.29, 1.82) is 0 Å². The molecule has 3 rings (SSSR count). The van der Waals surface area contributed by atoms with Crippen LogP contribution in [0, 0.1) is 5.92 Å². The number of carbonyl (C=O) groups excluding carboxylic acids is 1. The second kappa shape index (κ2) is 10.2. The van der Waals surface area contributed by atoms with Crippen molar-refractivity contribution in [3.8, 4) is 0 Å². The van der Waals surface area contributed by atoms with Crippen LogP contribution in [0.25, 0.3) is 0 Å². The summed E-state index contributed by atoms with van der Waals surface area (Å²) in [4.78, 5) is 15.1. The van der Waals surface area contributed by atoms with Crippen molar-refractivity contribution in [3.05, 3.63) is 28.7 Å². The average molecular weight is 474 g/mol. The van der Waals surface area contributed by atoms with Crippen molar-refractivity contribution >= 4 is 31.9 Å². The summed E-state index contributed by atoms with van der Waals surface area (Å²) in [5.74, 6) is -0.333. The van der Waals surface area contributed by atoms with E-state index < -0.39 is 10.0 Å². The Morgan fingerprint density at radius 1 is 1.18 bits per heavy atom. The Balaban J connectivity index is 1.48. The minimum absolute atomic E-state index is 0.0438. The van der Waals surface area contributed by atoms with Gasteiger partial charge >= 0.3 is 0 Å². The third kappa shape index (κ3) is 5.76. The van der Waals surface area contributed by atoms with Gasteiger partial charge in [-0.3, -0.25) is 9.69 Å². The molecule has 0 radical (unpaired) electrons. The van der Waals surface area contributed by atoms with Gasteiger partial charge in [-0.1, -0.05) is 15.9 Å². The summed E-state index contributed by atoms with van der Waals surface area (Å²) in [6, 6.07) is 6.62. The van der Waals surface area contributed by atoms with Gasteiger partial charge in [0.15, 0.2) is 0 Å². The topological polar surface area (TPSA) is 79.0 Å². The quantitative estimate of drug-likeness (QED) is 0.609. The fourth-order valence-corrected chi connectivity index (χ4v) is 5.40. The van der Waals surface area contributed by atoms with E-state index in [4.69, 9.17) is 4.74 Å². The van der Waals surface area contributed by atoms with E-state index in [1.807, 2.05) is 0 Å². The lowest BCUT2D eigenvalue weighted by Crippen LogP contribution is -2.45. The van der Waals surface area contributed by atoms with Crippen LogP contribution in [-0.2, 0) is 19.6 Å². The highest BCUT2D eigenvalue weighted by atomic mass is 79.9. The van der Waals surface area contributed by atoms with Gasteiger partial charge in [-0.15, -0.1) is 0 Å². The summed E-state index contributed by atoms with van der Waals surface area (Å²) in [5, 5.41) is 2.99. The summed E-state index contributed by atoms with van der Waals surface area (Å²) in [6.45, 7) is 5.70. The molecule has 2 aliphatic rings. The molecule has 0 aromatic heterocycles. The maximum absolute atomic E-state index is 12.9. The summed E-state index contributed by atoms with van der Waals surface area (Å²) in [6.07, 6.45) is 2.31. The fraction of sp³-hybridized carbons (Fsp3) is 0.632. The van der Waals surface area contributed by atoms with Crippen LogP contribution in [0.1, 0.15) is 19.3 Å². The van der Waals surface area contributed by atoms with Crippen LogP contribution >= 0.6 is 15.9 Å². The Morgan fingerprint density at radius 2 is 1.89 bits per heavy atom. The van der Waals surface area contributed by atoms with E-state index in [2.05, 4.69) is 26.1 Å². The first-order chi connectivity index (χ1) is 13.5. The summed E-state index contributed by atoms with van der Waals surface area (Å²) in [7, 11) is -3.57. The molecule has 0 spiro atoms. The standard InChI is InChI=1S/C19H28BrN3O4S/c20-17-4-6-18(7-5-17)28(25,26)23-10-1-3-16(15-23)19(24)21-8-2-9-22-11-13-27-14-12-22/h4-7,16H,1-3,8-15H2,(H,21,24)/t16-/m0/s1. The number of sulfonamides is 1.